The number of rotatable bonds is 7. The van der Waals surface area contributed by atoms with Crippen molar-refractivity contribution in [1.29, 1.82) is 0 Å². The highest BCUT2D eigenvalue weighted by atomic mass is 28.4. The maximum Gasteiger partial charge on any atom is 0.302 e. The molecule has 0 aliphatic heterocycles. The van der Waals surface area contributed by atoms with Gasteiger partial charge in [-0.2, -0.15) is 0 Å². The molecule has 0 aromatic carbocycles. The van der Waals surface area contributed by atoms with Crippen molar-refractivity contribution in [1.82, 2.24) is 15.8 Å². The first-order valence-electron chi connectivity index (χ1n) is 6.61. The van der Waals surface area contributed by atoms with Crippen LogP contribution in [-0.4, -0.2) is 44.9 Å². The minimum atomic E-state index is -1.81. The van der Waals surface area contributed by atoms with Gasteiger partial charge in [0.1, 0.15) is 6.61 Å². The SMILES string of the molecule is CONC(=O)c1nonc1OCCO[Si](C)(C)C(C)(C)C. The summed E-state index contributed by atoms with van der Waals surface area (Å²) in [7, 11) is -0.495. The van der Waals surface area contributed by atoms with Crippen molar-refractivity contribution in [3.05, 3.63) is 5.69 Å². The molecule has 0 atom stereocenters. The van der Waals surface area contributed by atoms with Gasteiger partial charge < -0.3 is 9.16 Å². The Kier molecular flexibility index (Phi) is 5.87. The van der Waals surface area contributed by atoms with E-state index in [-0.39, 0.29) is 23.2 Å². The van der Waals surface area contributed by atoms with Crippen molar-refractivity contribution >= 4 is 14.2 Å². The molecule has 21 heavy (non-hydrogen) atoms. The van der Waals surface area contributed by atoms with Gasteiger partial charge in [-0.3, -0.25) is 9.63 Å². The van der Waals surface area contributed by atoms with Crippen LogP contribution in [0.25, 0.3) is 0 Å². The number of nitrogens with zero attached hydrogens (tertiary/aromatic N) is 2. The summed E-state index contributed by atoms with van der Waals surface area (Å²) in [4.78, 5) is 16.1. The fraction of sp³-hybridized carbons (Fsp3) is 0.750. The number of aromatic nitrogens is 2. The normalized spacial score (nSPS) is 12.3. The molecule has 1 amide bonds. The standard InChI is InChI=1S/C12H23N3O5Si/c1-12(2,3)21(5,6)19-8-7-18-11-9(13-20-15-11)10(16)14-17-4/h7-8H2,1-6H3,(H,14,16). The van der Waals surface area contributed by atoms with Gasteiger partial charge in [-0.1, -0.05) is 20.8 Å². The van der Waals surface area contributed by atoms with Crippen LogP contribution in [-0.2, 0) is 9.26 Å². The van der Waals surface area contributed by atoms with E-state index in [0.29, 0.717) is 6.61 Å². The first kappa shape index (κ1) is 17.6. The van der Waals surface area contributed by atoms with Crippen LogP contribution in [0.15, 0.2) is 4.63 Å². The van der Waals surface area contributed by atoms with Crippen LogP contribution in [0, 0.1) is 0 Å². The summed E-state index contributed by atoms with van der Waals surface area (Å²) in [6.07, 6.45) is 0. The number of hydroxylamine groups is 1. The molecule has 0 saturated heterocycles. The molecule has 0 unspecified atom stereocenters. The molecular formula is C12H23N3O5Si. The molecule has 9 heteroatoms. The molecule has 0 saturated carbocycles. The van der Waals surface area contributed by atoms with Gasteiger partial charge >= 0.3 is 5.91 Å². The summed E-state index contributed by atoms with van der Waals surface area (Å²) in [6, 6.07) is 0. The topological polar surface area (TPSA) is 95.7 Å². The molecule has 0 radical (unpaired) electrons. The van der Waals surface area contributed by atoms with Gasteiger partial charge in [0.05, 0.1) is 13.7 Å². The smallest absolute Gasteiger partial charge is 0.302 e. The van der Waals surface area contributed by atoms with E-state index in [1.165, 1.54) is 7.11 Å². The van der Waals surface area contributed by atoms with Gasteiger partial charge in [0.15, 0.2) is 8.32 Å². The van der Waals surface area contributed by atoms with Crippen LogP contribution in [0.1, 0.15) is 31.3 Å². The van der Waals surface area contributed by atoms with Crippen molar-refractivity contribution in [3.63, 3.8) is 0 Å². The molecule has 120 valence electrons. The van der Waals surface area contributed by atoms with Gasteiger partial charge in [-0.15, -0.1) is 0 Å². The van der Waals surface area contributed by atoms with E-state index in [2.05, 4.69) is 59.1 Å². The summed E-state index contributed by atoms with van der Waals surface area (Å²) in [5, 5.41) is 7.13. The van der Waals surface area contributed by atoms with Gasteiger partial charge in [-0.05, 0) is 28.4 Å². The predicted molar refractivity (Wildman–Crippen MR) is 77.4 cm³/mol. The molecule has 1 aromatic heterocycles. The van der Waals surface area contributed by atoms with Crippen LogP contribution in [0.5, 0.6) is 5.88 Å². The van der Waals surface area contributed by atoms with Crippen LogP contribution >= 0.6 is 0 Å². The summed E-state index contributed by atoms with van der Waals surface area (Å²) in [6.45, 7) is 11.5. The number of carbonyl (C=O) groups excluding carboxylic acids is 1. The van der Waals surface area contributed by atoms with E-state index >= 15 is 0 Å². The zero-order valence-electron chi connectivity index (χ0n) is 13.3. The van der Waals surface area contributed by atoms with Crippen molar-refractivity contribution in [2.75, 3.05) is 20.3 Å². The molecule has 0 aliphatic rings. The predicted octanol–water partition coefficient (Wildman–Crippen LogP) is 1.76. The summed E-state index contributed by atoms with van der Waals surface area (Å²) >= 11 is 0. The van der Waals surface area contributed by atoms with E-state index in [9.17, 15) is 4.79 Å². The molecule has 0 fully saturated rings. The average Bonchev–Trinajstić information content (AvgIpc) is 2.82. The molecule has 0 bridgehead atoms. The van der Waals surface area contributed by atoms with Gasteiger partial charge in [0.2, 0.25) is 5.69 Å². The highest BCUT2D eigenvalue weighted by Crippen LogP contribution is 2.36. The zero-order chi connectivity index (χ0) is 16.1. The Balaban J connectivity index is 2.47. The molecule has 0 spiro atoms. The fourth-order valence-electron chi connectivity index (χ4n) is 1.21. The third kappa shape index (κ3) is 4.79. The van der Waals surface area contributed by atoms with E-state index in [1.54, 1.807) is 0 Å². The lowest BCUT2D eigenvalue weighted by atomic mass is 10.2. The Morgan fingerprint density at radius 3 is 2.52 bits per heavy atom. The maximum absolute atomic E-state index is 11.5. The maximum atomic E-state index is 11.5. The van der Waals surface area contributed by atoms with E-state index in [4.69, 9.17) is 9.16 Å². The monoisotopic (exact) mass is 317 g/mol. The quantitative estimate of drug-likeness (QED) is 0.465. The summed E-state index contributed by atoms with van der Waals surface area (Å²) < 4.78 is 15.8. The largest absolute Gasteiger partial charge is 0.471 e. The summed E-state index contributed by atoms with van der Waals surface area (Å²) in [5.41, 5.74) is 2.05. The number of ether oxygens (including phenoxy) is 1. The number of amides is 1. The van der Waals surface area contributed by atoms with Crippen molar-refractivity contribution in [2.24, 2.45) is 0 Å². The lowest BCUT2D eigenvalue weighted by Gasteiger charge is -2.36. The Bertz CT molecular complexity index is 470. The van der Waals surface area contributed by atoms with Crippen molar-refractivity contribution in [2.45, 2.75) is 38.9 Å². The lowest BCUT2D eigenvalue weighted by molar-refractivity contribution is 0.0524. The highest BCUT2D eigenvalue weighted by Gasteiger charge is 2.37. The summed E-state index contributed by atoms with van der Waals surface area (Å²) in [5.74, 6) is -0.567. The van der Waals surface area contributed by atoms with Crippen LogP contribution in [0.4, 0.5) is 0 Å². The lowest BCUT2D eigenvalue weighted by Crippen LogP contribution is -2.41. The molecule has 0 aliphatic carbocycles. The van der Waals surface area contributed by atoms with Crippen molar-refractivity contribution < 1.29 is 23.4 Å². The highest BCUT2D eigenvalue weighted by molar-refractivity contribution is 6.74. The number of hydrogen-bond acceptors (Lipinski definition) is 7. The minimum Gasteiger partial charge on any atom is -0.471 e. The van der Waals surface area contributed by atoms with Gasteiger partial charge in [0, 0.05) is 0 Å². The molecule has 1 heterocycles. The molecule has 1 rings (SSSR count). The molecular weight excluding hydrogens is 294 g/mol. The number of nitrogens with one attached hydrogen (secondary N) is 1. The molecule has 8 nitrogen and oxygen atoms in total. The Morgan fingerprint density at radius 2 is 1.95 bits per heavy atom. The second kappa shape index (κ2) is 7.01. The van der Waals surface area contributed by atoms with Crippen molar-refractivity contribution in [3.8, 4) is 5.88 Å². The van der Waals surface area contributed by atoms with Crippen LogP contribution < -0.4 is 10.2 Å². The Hall–Kier alpha value is -1.45. The Morgan fingerprint density at radius 1 is 1.29 bits per heavy atom. The number of hydrogen-bond donors (Lipinski definition) is 1. The van der Waals surface area contributed by atoms with Crippen LogP contribution in [0.3, 0.4) is 0 Å². The average molecular weight is 317 g/mol. The minimum absolute atomic E-state index is 0.0170. The first-order valence-corrected chi connectivity index (χ1v) is 9.52. The van der Waals surface area contributed by atoms with Crippen LogP contribution in [0.2, 0.25) is 18.1 Å². The van der Waals surface area contributed by atoms with Gasteiger partial charge in [0.25, 0.3) is 5.88 Å². The Labute approximate surface area is 125 Å². The fourth-order valence-corrected chi connectivity index (χ4v) is 2.23. The second-order valence-electron chi connectivity index (χ2n) is 6.01. The van der Waals surface area contributed by atoms with E-state index in [1.807, 2.05) is 0 Å². The third-order valence-corrected chi connectivity index (χ3v) is 8.00. The second-order valence-corrected chi connectivity index (χ2v) is 10.8. The van der Waals surface area contributed by atoms with E-state index < -0.39 is 14.2 Å². The zero-order valence-corrected chi connectivity index (χ0v) is 14.3. The molecule has 1 aromatic rings. The molecule has 1 N–H and O–H groups in total. The third-order valence-electron chi connectivity index (χ3n) is 3.46. The number of carbonyl (C=O) groups is 1. The van der Waals surface area contributed by atoms with Gasteiger partial charge in [-0.25, -0.2) is 10.1 Å². The van der Waals surface area contributed by atoms with E-state index in [0.717, 1.165) is 0 Å². The first-order chi connectivity index (χ1) is 9.69.